The Balaban J connectivity index is 2.05. The second-order valence-electron chi connectivity index (χ2n) is 5.89. The molecule has 1 atom stereocenters. The standard InChI is InChI=1S/C20H22N2O6S/c1-14(20(24)22-16-7-5-4-6-8-16)28-19(23)12-10-15-9-11-17(27-3)18(13-15)29(25,26)21-2/h4-14,21H,1-3H3,(H,22,24)/b12-10+/t14-/m1/s1. The molecule has 0 heterocycles. The van der Waals surface area contributed by atoms with Crippen LogP contribution in [0.25, 0.3) is 6.08 Å². The number of sulfonamides is 1. The summed E-state index contributed by atoms with van der Waals surface area (Å²) >= 11 is 0. The van der Waals surface area contributed by atoms with E-state index in [0.29, 0.717) is 11.3 Å². The fourth-order valence-corrected chi connectivity index (χ4v) is 3.24. The van der Waals surface area contributed by atoms with Crippen LogP contribution in [-0.2, 0) is 24.3 Å². The highest BCUT2D eigenvalue weighted by atomic mass is 32.2. The molecule has 0 aliphatic carbocycles. The summed E-state index contributed by atoms with van der Waals surface area (Å²) in [6.07, 6.45) is 1.49. The molecule has 0 aliphatic heterocycles. The number of esters is 1. The average molecular weight is 418 g/mol. The second-order valence-corrected chi connectivity index (χ2v) is 7.74. The van der Waals surface area contributed by atoms with Gasteiger partial charge < -0.3 is 14.8 Å². The second kappa shape index (κ2) is 9.85. The molecule has 1 amide bonds. The zero-order valence-electron chi connectivity index (χ0n) is 16.2. The van der Waals surface area contributed by atoms with Crippen LogP contribution in [-0.4, -0.2) is 40.6 Å². The van der Waals surface area contributed by atoms with E-state index in [4.69, 9.17) is 9.47 Å². The molecule has 2 aromatic carbocycles. The number of carbonyl (C=O) groups excluding carboxylic acids is 2. The Morgan fingerprint density at radius 1 is 1.10 bits per heavy atom. The smallest absolute Gasteiger partial charge is 0.331 e. The SMILES string of the molecule is CNS(=O)(=O)c1cc(/C=C/C(=O)O[C@H](C)C(=O)Nc2ccccc2)ccc1OC. The van der Waals surface area contributed by atoms with Gasteiger partial charge in [0.25, 0.3) is 5.91 Å². The molecule has 154 valence electrons. The topological polar surface area (TPSA) is 111 Å². The largest absolute Gasteiger partial charge is 0.495 e. The molecule has 0 saturated heterocycles. The van der Waals surface area contributed by atoms with Gasteiger partial charge in [0.05, 0.1) is 7.11 Å². The monoisotopic (exact) mass is 418 g/mol. The lowest BCUT2D eigenvalue weighted by atomic mass is 10.2. The Morgan fingerprint density at radius 2 is 1.79 bits per heavy atom. The number of nitrogens with one attached hydrogen (secondary N) is 2. The lowest BCUT2D eigenvalue weighted by Gasteiger charge is -2.12. The molecular formula is C20H22N2O6S. The Labute approximate surface area is 169 Å². The zero-order chi connectivity index (χ0) is 21.4. The van der Waals surface area contributed by atoms with E-state index >= 15 is 0 Å². The molecular weight excluding hydrogens is 396 g/mol. The van der Waals surface area contributed by atoms with E-state index in [1.54, 1.807) is 30.3 Å². The highest BCUT2D eigenvalue weighted by Crippen LogP contribution is 2.25. The van der Waals surface area contributed by atoms with Gasteiger partial charge in [-0.05, 0) is 49.9 Å². The highest BCUT2D eigenvalue weighted by Gasteiger charge is 2.18. The van der Waals surface area contributed by atoms with Gasteiger partial charge in [0.1, 0.15) is 10.6 Å². The first-order valence-corrected chi connectivity index (χ1v) is 10.1. The highest BCUT2D eigenvalue weighted by molar-refractivity contribution is 7.89. The number of hydrogen-bond donors (Lipinski definition) is 2. The molecule has 0 radical (unpaired) electrons. The minimum absolute atomic E-state index is 0.0615. The van der Waals surface area contributed by atoms with Crippen LogP contribution >= 0.6 is 0 Å². The van der Waals surface area contributed by atoms with Crippen molar-refractivity contribution < 1.29 is 27.5 Å². The Hall–Kier alpha value is -3.17. The van der Waals surface area contributed by atoms with Crippen LogP contribution in [0.5, 0.6) is 5.75 Å². The first kappa shape index (κ1) is 22.1. The van der Waals surface area contributed by atoms with Crippen LogP contribution in [0.4, 0.5) is 5.69 Å². The Kier molecular flexibility index (Phi) is 7.52. The quantitative estimate of drug-likeness (QED) is 0.502. The lowest BCUT2D eigenvalue weighted by molar-refractivity contribution is -0.148. The van der Waals surface area contributed by atoms with Crippen molar-refractivity contribution >= 4 is 33.7 Å². The first-order valence-electron chi connectivity index (χ1n) is 8.63. The van der Waals surface area contributed by atoms with E-state index in [-0.39, 0.29) is 10.6 Å². The minimum Gasteiger partial charge on any atom is -0.495 e. The average Bonchev–Trinajstić information content (AvgIpc) is 2.72. The van der Waals surface area contributed by atoms with Gasteiger partial charge in [-0.15, -0.1) is 0 Å². The van der Waals surface area contributed by atoms with Crippen LogP contribution in [0, 0.1) is 0 Å². The summed E-state index contributed by atoms with van der Waals surface area (Å²) in [5.41, 5.74) is 1.03. The summed E-state index contributed by atoms with van der Waals surface area (Å²) in [4.78, 5) is 24.0. The molecule has 0 spiro atoms. The van der Waals surface area contributed by atoms with Crippen molar-refractivity contribution in [3.63, 3.8) is 0 Å². The van der Waals surface area contributed by atoms with Crippen molar-refractivity contribution in [3.05, 3.63) is 60.2 Å². The number of carbonyl (C=O) groups is 2. The minimum atomic E-state index is -3.74. The molecule has 0 fully saturated rings. The van der Waals surface area contributed by atoms with Crippen LogP contribution < -0.4 is 14.8 Å². The number of methoxy groups -OCH3 is 1. The van der Waals surface area contributed by atoms with Crippen LogP contribution in [0.1, 0.15) is 12.5 Å². The Morgan fingerprint density at radius 3 is 2.41 bits per heavy atom. The molecule has 8 nitrogen and oxygen atoms in total. The molecule has 0 aliphatic rings. The normalized spacial score (nSPS) is 12.4. The van der Waals surface area contributed by atoms with Gasteiger partial charge in [0.15, 0.2) is 6.10 Å². The van der Waals surface area contributed by atoms with E-state index in [1.807, 2.05) is 6.07 Å². The molecule has 0 unspecified atom stereocenters. The number of ether oxygens (including phenoxy) is 2. The van der Waals surface area contributed by atoms with Gasteiger partial charge in [0, 0.05) is 11.8 Å². The van der Waals surface area contributed by atoms with Gasteiger partial charge in [-0.3, -0.25) is 4.79 Å². The third-order valence-corrected chi connectivity index (χ3v) is 5.30. The summed E-state index contributed by atoms with van der Waals surface area (Å²) < 4.78 is 36.5. The summed E-state index contributed by atoms with van der Waals surface area (Å²) in [7, 11) is -1.09. The van der Waals surface area contributed by atoms with Crippen LogP contribution in [0.15, 0.2) is 59.5 Å². The molecule has 2 N–H and O–H groups in total. The van der Waals surface area contributed by atoms with Gasteiger partial charge in [-0.25, -0.2) is 17.9 Å². The summed E-state index contributed by atoms with van der Waals surface area (Å²) in [6.45, 7) is 1.45. The van der Waals surface area contributed by atoms with Crippen molar-refractivity contribution in [3.8, 4) is 5.75 Å². The number of rotatable bonds is 8. The van der Waals surface area contributed by atoms with Gasteiger partial charge >= 0.3 is 5.97 Å². The lowest BCUT2D eigenvalue weighted by Crippen LogP contribution is -2.29. The zero-order valence-corrected chi connectivity index (χ0v) is 17.0. The van der Waals surface area contributed by atoms with Gasteiger partial charge in [-0.2, -0.15) is 0 Å². The van der Waals surface area contributed by atoms with E-state index < -0.39 is 28.0 Å². The maximum absolute atomic E-state index is 12.1. The van der Waals surface area contributed by atoms with Gasteiger partial charge in [0.2, 0.25) is 10.0 Å². The van der Waals surface area contributed by atoms with E-state index in [2.05, 4.69) is 10.0 Å². The summed E-state index contributed by atoms with van der Waals surface area (Å²) in [6, 6.07) is 13.2. The summed E-state index contributed by atoms with van der Waals surface area (Å²) in [5, 5.41) is 2.64. The molecule has 0 aromatic heterocycles. The molecule has 9 heteroatoms. The third kappa shape index (κ3) is 6.16. The van der Waals surface area contributed by atoms with Crippen molar-refractivity contribution in [1.82, 2.24) is 4.72 Å². The van der Waals surface area contributed by atoms with Crippen molar-refractivity contribution in [2.45, 2.75) is 17.9 Å². The molecule has 29 heavy (non-hydrogen) atoms. The summed E-state index contributed by atoms with van der Waals surface area (Å²) in [5.74, 6) is -1.04. The predicted octanol–water partition coefficient (Wildman–Crippen LogP) is 2.19. The van der Waals surface area contributed by atoms with E-state index in [9.17, 15) is 18.0 Å². The number of benzene rings is 2. The Bertz CT molecular complexity index is 1000. The van der Waals surface area contributed by atoms with Gasteiger partial charge in [-0.1, -0.05) is 24.3 Å². The van der Waals surface area contributed by atoms with E-state index in [0.717, 1.165) is 6.08 Å². The van der Waals surface area contributed by atoms with E-state index in [1.165, 1.54) is 39.3 Å². The maximum atomic E-state index is 12.1. The number of hydrogen-bond acceptors (Lipinski definition) is 6. The van der Waals surface area contributed by atoms with Crippen molar-refractivity contribution in [2.24, 2.45) is 0 Å². The van der Waals surface area contributed by atoms with Crippen molar-refractivity contribution in [2.75, 3.05) is 19.5 Å². The molecule has 0 bridgehead atoms. The van der Waals surface area contributed by atoms with Crippen LogP contribution in [0.2, 0.25) is 0 Å². The molecule has 2 rings (SSSR count). The number of amides is 1. The van der Waals surface area contributed by atoms with Crippen LogP contribution in [0.3, 0.4) is 0 Å². The first-order chi connectivity index (χ1) is 13.8. The third-order valence-electron chi connectivity index (χ3n) is 3.86. The van der Waals surface area contributed by atoms with Crippen molar-refractivity contribution in [1.29, 1.82) is 0 Å². The fourth-order valence-electron chi connectivity index (χ4n) is 2.31. The molecule has 0 saturated carbocycles. The maximum Gasteiger partial charge on any atom is 0.331 e. The molecule has 2 aromatic rings. The predicted molar refractivity (Wildman–Crippen MR) is 109 cm³/mol. The number of anilines is 1. The number of para-hydroxylation sites is 1. The fraction of sp³-hybridized carbons (Fsp3) is 0.200.